The Bertz CT molecular complexity index is 1340. The second-order valence-corrected chi connectivity index (χ2v) is 44.5. The van der Waals surface area contributed by atoms with E-state index >= 15 is 0 Å². The van der Waals surface area contributed by atoms with Crippen molar-refractivity contribution in [3.05, 3.63) is 112 Å². The Kier molecular flexibility index (Phi) is 10.0. The summed E-state index contributed by atoms with van der Waals surface area (Å²) in [6.07, 6.45) is 5.84. The molecular weight excluding hydrogens is 673 g/mol. The fourth-order valence-corrected chi connectivity index (χ4v) is 40.0. The standard InChI is InChI=1S/2C10H9.C6H5.C3H6Cl3Si.2ClH.H2Si.Zr/c2*1-8-6-9-4-2-3-5-10(9)7-8;1-2-4-6-5-3-1;1-2-3-7(4,5)6;;;;/h2*2-7H,1H3;1-5H;1-3H2;2*1H;1H2;. The largest absolute Gasteiger partial charge is 0.147 e. The molecule has 0 nitrogen and oxygen atoms in total. The third kappa shape index (κ3) is 5.47. The molecule has 0 spiro atoms. The Morgan fingerprint density at radius 1 is 0.703 bits per heavy atom. The van der Waals surface area contributed by atoms with E-state index in [9.17, 15) is 0 Å². The Hall–Kier alpha value is -0.0931. The first kappa shape index (κ1) is 31.4. The minimum Gasteiger partial charge on any atom is -0.147 e. The molecule has 0 aliphatic heterocycles. The van der Waals surface area contributed by atoms with Crippen molar-refractivity contribution in [2.24, 2.45) is 0 Å². The fraction of sp³-hybridized carbons (Fsp3) is 0.241. The van der Waals surface area contributed by atoms with Crippen molar-refractivity contribution in [1.29, 1.82) is 0 Å². The van der Waals surface area contributed by atoms with Crippen molar-refractivity contribution < 1.29 is 17.4 Å². The molecule has 37 heavy (non-hydrogen) atoms. The van der Waals surface area contributed by atoms with Gasteiger partial charge in [0, 0.05) is 0 Å². The summed E-state index contributed by atoms with van der Waals surface area (Å²) in [6, 6.07) is 27.5. The Labute approximate surface area is 251 Å². The van der Waals surface area contributed by atoms with E-state index in [1.807, 2.05) is 0 Å². The molecule has 0 aromatic heterocycles. The number of benzene rings is 3. The van der Waals surface area contributed by atoms with Gasteiger partial charge in [-0.3, -0.25) is 0 Å². The fourth-order valence-electron chi connectivity index (χ4n) is 7.37. The molecular formula is C29H33Cl5Si2Zr. The van der Waals surface area contributed by atoms with Crippen LogP contribution < -0.4 is 3.27 Å². The average Bonchev–Trinajstić information content (AvgIpc) is 3.35. The number of rotatable bonds is 7. The molecule has 5 rings (SSSR count). The van der Waals surface area contributed by atoms with Crippen LogP contribution in [0, 0.1) is 0 Å². The minimum absolute atomic E-state index is 0. The van der Waals surface area contributed by atoms with Crippen LogP contribution in [-0.2, 0) is 17.4 Å². The number of fused-ring (bicyclic) bond motifs is 2. The number of hydrogen-bond donors (Lipinski definition) is 0. The second kappa shape index (κ2) is 11.8. The third-order valence-corrected chi connectivity index (χ3v) is 39.5. The van der Waals surface area contributed by atoms with Gasteiger partial charge >= 0.3 is 229 Å². The van der Waals surface area contributed by atoms with E-state index in [0.29, 0.717) is 13.3 Å². The summed E-state index contributed by atoms with van der Waals surface area (Å²) in [6.45, 7) is 7.13. The van der Waals surface area contributed by atoms with Crippen molar-refractivity contribution in [3.63, 3.8) is 0 Å². The third-order valence-electron chi connectivity index (χ3n) is 8.47. The van der Waals surface area contributed by atoms with Gasteiger partial charge in [-0.15, -0.1) is 24.8 Å². The van der Waals surface area contributed by atoms with E-state index < -0.39 is 23.4 Å². The van der Waals surface area contributed by atoms with E-state index in [1.165, 1.54) is 33.4 Å². The molecule has 2 unspecified atom stereocenters. The van der Waals surface area contributed by atoms with E-state index in [-0.39, 0.29) is 24.8 Å². The number of allylic oxidation sites excluding steroid dienone is 2. The molecule has 0 fully saturated rings. The molecule has 8 heteroatoms. The van der Waals surface area contributed by atoms with Crippen molar-refractivity contribution in [2.75, 3.05) is 0 Å². The van der Waals surface area contributed by atoms with Gasteiger partial charge in [0.2, 0.25) is 0 Å². The summed E-state index contributed by atoms with van der Waals surface area (Å²) in [4.78, 5) is 0. The van der Waals surface area contributed by atoms with Gasteiger partial charge in [0.25, 0.3) is 0 Å². The number of halogens is 5. The predicted octanol–water partition coefficient (Wildman–Crippen LogP) is 9.17. The van der Waals surface area contributed by atoms with Crippen LogP contribution in [0.5, 0.6) is 0 Å². The normalized spacial score (nSPS) is 18.6. The summed E-state index contributed by atoms with van der Waals surface area (Å²) in [7, 11) is 0. The van der Waals surface area contributed by atoms with Gasteiger partial charge < -0.3 is 0 Å². The molecule has 0 amide bonds. The van der Waals surface area contributed by atoms with Crippen molar-refractivity contribution in [3.8, 4) is 0 Å². The van der Waals surface area contributed by atoms with Crippen LogP contribution in [0.1, 0.15) is 49.8 Å². The van der Waals surface area contributed by atoms with Crippen LogP contribution in [0.2, 0.25) is 10.2 Å². The monoisotopic (exact) mass is 702 g/mol. The van der Waals surface area contributed by atoms with Crippen LogP contribution in [0.25, 0.3) is 12.2 Å². The zero-order chi connectivity index (χ0) is 24.9. The van der Waals surface area contributed by atoms with Crippen LogP contribution in [0.3, 0.4) is 0 Å². The molecule has 2 aliphatic carbocycles. The van der Waals surface area contributed by atoms with Crippen LogP contribution >= 0.6 is 58.1 Å². The molecule has 3 aromatic carbocycles. The Balaban J connectivity index is 0.00000190. The van der Waals surface area contributed by atoms with Gasteiger partial charge in [-0.2, -0.15) is 0 Å². The molecule has 0 saturated heterocycles. The van der Waals surface area contributed by atoms with Crippen molar-refractivity contribution in [2.45, 2.75) is 37.7 Å². The molecule has 0 bridgehead atoms. The van der Waals surface area contributed by atoms with E-state index in [4.69, 9.17) is 33.2 Å². The SMILES string of the molecule is CC1=Cc2ccccc2[CH]1[Zr](=[SiH2])([CH2]CC[Si](Cl)(Cl)Cl)([c]1ccccc1)[CH]1C(C)=Cc2ccccc21.Cl.Cl. The Morgan fingerprint density at radius 2 is 1.14 bits per heavy atom. The summed E-state index contributed by atoms with van der Waals surface area (Å²) >= 11 is 15.3. The topological polar surface area (TPSA) is 0 Å². The smallest absolute Gasteiger partial charge is 0.147 e. The summed E-state index contributed by atoms with van der Waals surface area (Å²) in [5.74, 6) is 0. The van der Waals surface area contributed by atoms with Crippen molar-refractivity contribution in [1.82, 2.24) is 0 Å². The van der Waals surface area contributed by atoms with Crippen LogP contribution in [0.4, 0.5) is 0 Å². The summed E-state index contributed by atoms with van der Waals surface area (Å²) < 4.78 is 3.55. The average molecular weight is 706 g/mol. The molecule has 2 atom stereocenters. The van der Waals surface area contributed by atoms with E-state index in [1.54, 1.807) is 3.27 Å². The van der Waals surface area contributed by atoms with E-state index in [2.05, 4.69) is 112 Å². The van der Waals surface area contributed by atoms with Gasteiger partial charge in [0.1, 0.15) is 0 Å². The minimum atomic E-state index is -4.12. The first-order chi connectivity index (χ1) is 16.6. The van der Waals surface area contributed by atoms with Gasteiger partial charge in [-0.25, -0.2) is 0 Å². The van der Waals surface area contributed by atoms with Gasteiger partial charge in [0.15, 0.2) is 0 Å². The first-order valence-corrected chi connectivity index (χ1v) is 29.3. The van der Waals surface area contributed by atoms with Gasteiger partial charge in [0.05, 0.1) is 0 Å². The van der Waals surface area contributed by atoms with Gasteiger partial charge in [-0.1, -0.05) is 0 Å². The molecule has 0 saturated carbocycles. The maximum Gasteiger partial charge on any atom is -0.147 e. The molecule has 0 N–H and O–H groups in total. The van der Waals surface area contributed by atoms with E-state index in [0.717, 1.165) is 10.5 Å². The maximum absolute atomic E-state index is 6.46. The Morgan fingerprint density at radius 3 is 1.59 bits per heavy atom. The van der Waals surface area contributed by atoms with Crippen molar-refractivity contribution >= 4 is 86.4 Å². The summed E-state index contributed by atoms with van der Waals surface area (Å²) in [5, 5.41) is 0. The van der Waals surface area contributed by atoms with Crippen LogP contribution in [-0.4, -0.2) is 12.9 Å². The molecule has 2 aliphatic rings. The predicted molar refractivity (Wildman–Crippen MR) is 172 cm³/mol. The molecule has 0 radical (unpaired) electrons. The van der Waals surface area contributed by atoms with Gasteiger partial charge in [-0.05, 0) is 0 Å². The molecule has 0 heterocycles. The zero-order valence-electron chi connectivity index (χ0n) is 21.1. The second-order valence-electron chi connectivity index (χ2n) is 10.6. The molecule has 196 valence electrons. The first-order valence-electron chi connectivity index (χ1n) is 12.3. The summed E-state index contributed by atoms with van der Waals surface area (Å²) in [5.41, 5.74) is 8.75. The van der Waals surface area contributed by atoms with Crippen LogP contribution in [0.15, 0.2) is 90.0 Å². The number of hydrogen-bond acceptors (Lipinski definition) is 0. The maximum atomic E-state index is 6.46. The zero-order valence-corrected chi connectivity index (χ0v) is 29.9. The quantitative estimate of drug-likeness (QED) is 0.170. The molecule has 3 aromatic rings.